The van der Waals surface area contributed by atoms with Gasteiger partial charge in [-0.15, -0.1) is 0 Å². The molecule has 0 fully saturated rings. The Balaban J connectivity index is 2.20. The number of nitrogens with two attached hydrogens (primary N) is 1. The molecule has 0 aliphatic heterocycles. The summed E-state index contributed by atoms with van der Waals surface area (Å²) in [5, 5.41) is 6.87. The van der Waals surface area contributed by atoms with E-state index in [-0.39, 0.29) is 11.6 Å². The van der Waals surface area contributed by atoms with Crippen LogP contribution < -0.4 is 11.1 Å². The molecule has 0 radical (unpaired) electrons. The van der Waals surface area contributed by atoms with Crippen LogP contribution >= 0.6 is 0 Å². The fourth-order valence-electron chi connectivity index (χ4n) is 1.49. The monoisotopic (exact) mass is 231 g/mol. The Morgan fingerprint density at radius 3 is 2.82 bits per heavy atom. The zero-order valence-electron chi connectivity index (χ0n) is 9.64. The number of pyridine rings is 1. The molecule has 3 N–H and O–H groups in total. The average molecular weight is 231 g/mol. The molecule has 1 amide bonds. The van der Waals surface area contributed by atoms with Gasteiger partial charge in [-0.3, -0.25) is 9.48 Å². The number of aryl methyl sites for hydroxylation is 2. The molecule has 17 heavy (non-hydrogen) atoms. The maximum atomic E-state index is 11.9. The van der Waals surface area contributed by atoms with Gasteiger partial charge < -0.3 is 11.1 Å². The van der Waals surface area contributed by atoms with Gasteiger partial charge in [0.05, 0.1) is 11.4 Å². The van der Waals surface area contributed by atoms with Crippen LogP contribution in [0.25, 0.3) is 0 Å². The molecule has 0 bridgehead atoms. The van der Waals surface area contributed by atoms with Crippen LogP contribution in [0.3, 0.4) is 0 Å². The number of anilines is 2. The lowest BCUT2D eigenvalue weighted by molar-refractivity contribution is 0.102. The number of hydrogen-bond donors (Lipinski definition) is 2. The van der Waals surface area contributed by atoms with Gasteiger partial charge in [0.25, 0.3) is 5.91 Å². The number of carbonyl (C=O) groups excluding carboxylic acids is 1. The van der Waals surface area contributed by atoms with E-state index in [1.165, 1.54) is 0 Å². The molecule has 2 heterocycles. The molecular weight excluding hydrogens is 218 g/mol. The summed E-state index contributed by atoms with van der Waals surface area (Å²) in [6.45, 7) is 1.82. The Kier molecular flexibility index (Phi) is 2.78. The summed E-state index contributed by atoms with van der Waals surface area (Å²) in [7, 11) is 1.79. The molecule has 0 aromatic carbocycles. The van der Waals surface area contributed by atoms with Crippen LogP contribution in [-0.4, -0.2) is 20.7 Å². The lowest BCUT2D eigenvalue weighted by atomic mass is 10.3. The number of rotatable bonds is 2. The number of nitrogens with zero attached hydrogens (tertiary/aromatic N) is 3. The van der Waals surface area contributed by atoms with Crippen molar-refractivity contribution in [2.75, 3.05) is 11.1 Å². The fraction of sp³-hybridized carbons (Fsp3) is 0.182. The smallest absolute Gasteiger partial charge is 0.274 e. The minimum absolute atomic E-state index is 0.285. The number of aromatic nitrogens is 3. The first-order valence-electron chi connectivity index (χ1n) is 5.10. The largest absolute Gasteiger partial charge is 0.384 e. The van der Waals surface area contributed by atoms with E-state index in [1.54, 1.807) is 36.1 Å². The normalized spacial score (nSPS) is 10.2. The van der Waals surface area contributed by atoms with Gasteiger partial charge in [-0.05, 0) is 19.1 Å². The van der Waals surface area contributed by atoms with E-state index in [9.17, 15) is 4.79 Å². The molecule has 6 nitrogen and oxygen atoms in total. The summed E-state index contributed by atoms with van der Waals surface area (Å²) < 4.78 is 1.64. The molecule has 0 aliphatic rings. The van der Waals surface area contributed by atoms with Gasteiger partial charge >= 0.3 is 0 Å². The number of carbonyl (C=O) groups is 1. The van der Waals surface area contributed by atoms with E-state index in [4.69, 9.17) is 5.73 Å². The second-order valence-corrected chi connectivity index (χ2v) is 3.70. The third-order valence-corrected chi connectivity index (χ3v) is 2.26. The van der Waals surface area contributed by atoms with Crippen molar-refractivity contribution in [3.8, 4) is 0 Å². The number of nitrogen functional groups attached to an aromatic ring is 1. The second kappa shape index (κ2) is 4.25. The third-order valence-electron chi connectivity index (χ3n) is 2.26. The van der Waals surface area contributed by atoms with Crippen LogP contribution in [0.4, 0.5) is 11.5 Å². The molecule has 0 saturated carbocycles. The van der Waals surface area contributed by atoms with Crippen molar-refractivity contribution in [3.05, 3.63) is 35.8 Å². The third kappa shape index (κ3) is 2.41. The number of nitrogens with one attached hydrogen (secondary N) is 1. The molecule has 0 spiro atoms. The standard InChI is InChI=1S/C11H13N5O/c1-7-9(6-16(2)15-7)14-11(17)8-4-3-5-10(12)13-8/h3-6H,1-2H3,(H2,12,13)(H,14,17). The van der Waals surface area contributed by atoms with E-state index in [0.29, 0.717) is 11.5 Å². The number of hydrogen-bond acceptors (Lipinski definition) is 4. The molecule has 2 aromatic rings. The summed E-state index contributed by atoms with van der Waals surface area (Å²) in [5.41, 5.74) is 7.22. The van der Waals surface area contributed by atoms with Crippen molar-refractivity contribution in [1.82, 2.24) is 14.8 Å². The van der Waals surface area contributed by atoms with Gasteiger partial charge in [0.15, 0.2) is 0 Å². The van der Waals surface area contributed by atoms with Gasteiger partial charge in [0.1, 0.15) is 11.5 Å². The van der Waals surface area contributed by atoms with Crippen LogP contribution in [0.5, 0.6) is 0 Å². The Hall–Kier alpha value is -2.37. The van der Waals surface area contributed by atoms with Crippen LogP contribution in [0.15, 0.2) is 24.4 Å². The lowest BCUT2D eigenvalue weighted by Crippen LogP contribution is -2.14. The average Bonchev–Trinajstić information content (AvgIpc) is 2.57. The molecule has 0 aliphatic carbocycles. The molecule has 0 saturated heterocycles. The van der Waals surface area contributed by atoms with E-state index in [0.717, 1.165) is 5.69 Å². The highest BCUT2D eigenvalue weighted by atomic mass is 16.1. The van der Waals surface area contributed by atoms with Gasteiger partial charge in [0.2, 0.25) is 0 Å². The predicted octanol–water partition coefficient (Wildman–Crippen LogP) is 0.958. The second-order valence-electron chi connectivity index (χ2n) is 3.70. The highest BCUT2D eigenvalue weighted by molar-refractivity contribution is 6.03. The molecule has 88 valence electrons. The van der Waals surface area contributed by atoms with Crippen molar-refractivity contribution in [2.24, 2.45) is 7.05 Å². The van der Waals surface area contributed by atoms with Gasteiger partial charge in [0, 0.05) is 13.2 Å². The maximum absolute atomic E-state index is 11.9. The Morgan fingerprint density at radius 2 is 2.24 bits per heavy atom. The highest BCUT2D eigenvalue weighted by Crippen LogP contribution is 2.12. The van der Waals surface area contributed by atoms with E-state index in [2.05, 4.69) is 15.4 Å². The molecule has 2 aromatic heterocycles. The van der Waals surface area contributed by atoms with Crippen LogP contribution in [0.2, 0.25) is 0 Å². The molecule has 2 rings (SSSR count). The predicted molar refractivity (Wildman–Crippen MR) is 64.5 cm³/mol. The van der Waals surface area contributed by atoms with Crippen LogP contribution in [0, 0.1) is 6.92 Å². The van der Waals surface area contributed by atoms with Crippen molar-refractivity contribution >= 4 is 17.4 Å². The van der Waals surface area contributed by atoms with Crippen molar-refractivity contribution in [2.45, 2.75) is 6.92 Å². The Labute approximate surface area is 98.5 Å². The van der Waals surface area contributed by atoms with Crippen LogP contribution in [0.1, 0.15) is 16.2 Å². The molecule has 6 heteroatoms. The summed E-state index contributed by atoms with van der Waals surface area (Å²) in [6.07, 6.45) is 1.74. The minimum atomic E-state index is -0.298. The van der Waals surface area contributed by atoms with Crippen molar-refractivity contribution in [1.29, 1.82) is 0 Å². The van der Waals surface area contributed by atoms with Crippen molar-refractivity contribution < 1.29 is 4.79 Å². The first-order valence-corrected chi connectivity index (χ1v) is 5.10. The zero-order chi connectivity index (χ0) is 12.4. The Morgan fingerprint density at radius 1 is 1.47 bits per heavy atom. The first kappa shape index (κ1) is 11.1. The van der Waals surface area contributed by atoms with E-state index in [1.807, 2.05) is 6.92 Å². The summed E-state index contributed by atoms with van der Waals surface area (Å²) in [5.74, 6) is 0.0222. The maximum Gasteiger partial charge on any atom is 0.274 e. The Bertz CT molecular complexity index is 561. The summed E-state index contributed by atoms with van der Waals surface area (Å²) in [4.78, 5) is 15.8. The van der Waals surface area contributed by atoms with E-state index < -0.39 is 0 Å². The minimum Gasteiger partial charge on any atom is -0.384 e. The highest BCUT2D eigenvalue weighted by Gasteiger charge is 2.11. The van der Waals surface area contributed by atoms with Crippen molar-refractivity contribution in [3.63, 3.8) is 0 Å². The lowest BCUT2D eigenvalue weighted by Gasteiger charge is -2.03. The van der Waals surface area contributed by atoms with Crippen LogP contribution in [-0.2, 0) is 7.05 Å². The molecular formula is C11H13N5O. The molecule has 0 unspecified atom stereocenters. The number of amides is 1. The van der Waals surface area contributed by atoms with Gasteiger partial charge in [-0.2, -0.15) is 5.10 Å². The quantitative estimate of drug-likeness (QED) is 0.806. The van der Waals surface area contributed by atoms with Gasteiger partial charge in [-0.1, -0.05) is 6.07 Å². The molecule has 0 atom stereocenters. The SMILES string of the molecule is Cc1nn(C)cc1NC(=O)c1cccc(N)n1. The van der Waals surface area contributed by atoms with Gasteiger partial charge in [-0.25, -0.2) is 4.98 Å². The first-order chi connectivity index (χ1) is 8.06. The summed E-state index contributed by atoms with van der Waals surface area (Å²) in [6, 6.07) is 4.93. The van der Waals surface area contributed by atoms with E-state index >= 15 is 0 Å². The topological polar surface area (TPSA) is 85.8 Å². The fourth-order valence-corrected chi connectivity index (χ4v) is 1.49. The summed E-state index contributed by atoms with van der Waals surface area (Å²) >= 11 is 0. The zero-order valence-corrected chi connectivity index (χ0v) is 9.64.